The molecule has 3 unspecified atom stereocenters. The van der Waals surface area contributed by atoms with E-state index in [1.165, 1.54) is 0 Å². The number of hydrogen-bond acceptors (Lipinski definition) is 2. The molecule has 2 nitrogen and oxygen atoms in total. The van der Waals surface area contributed by atoms with Crippen molar-refractivity contribution < 1.29 is 4.74 Å². The van der Waals surface area contributed by atoms with Gasteiger partial charge in [0.2, 0.25) is 0 Å². The third-order valence-electron chi connectivity index (χ3n) is 3.84. The molecule has 4 heteroatoms. The minimum Gasteiger partial charge on any atom is -0.374 e. The van der Waals surface area contributed by atoms with Crippen LogP contribution in [0.1, 0.15) is 38.7 Å². The molecule has 0 bridgehead atoms. The topological polar surface area (TPSA) is 21.3 Å². The predicted molar refractivity (Wildman–Crippen MR) is 85.8 cm³/mol. The molecule has 1 heterocycles. The van der Waals surface area contributed by atoms with Crippen LogP contribution in [-0.4, -0.2) is 24.8 Å². The smallest absolute Gasteiger partial charge is 0.0735 e. The minimum atomic E-state index is 0.270. The quantitative estimate of drug-likeness (QED) is 0.836. The van der Waals surface area contributed by atoms with Crippen LogP contribution >= 0.6 is 23.2 Å². The van der Waals surface area contributed by atoms with Gasteiger partial charge in [0, 0.05) is 6.04 Å². The van der Waals surface area contributed by atoms with Crippen LogP contribution in [0.15, 0.2) is 18.2 Å². The molecule has 1 aromatic rings. The van der Waals surface area contributed by atoms with Gasteiger partial charge in [-0.25, -0.2) is 0 Å². The second kappa shape index (κ2) is 7.65. The molecule has 3 atom stereocenters. The summed E-state index contributed by atoms with van der Waals surface area (Å²) in [5.41, 5.74) is 1.09. The van der Waals surface area contributed by atoms with Gasteiger partial charge in [0.05, 0.1) is 22.3 Å². The van der Waals surface area contributed by atoms with Gasteiger partial charge in [-0.2, -0.15) is 0 Å². The predicted octanol–water partition coefficient (Wildman–Crippen LogP) is 4.47. The summed E-state index contributed by atoms with van der Waals surface area (Å²) in [6.07, 6.45) is 4.85. The van der Waals surface area contributed by atoms with E-state index in [0.717, 1.165) is 37.8 Å². The van der Waals surface area contributed by atoms with Crippen LogP contribution in [0.4, 0.5) is 0 Å². The summed E-state index contributed by atoms with van der Waals surface area (Å²) >= 11 is 12.4. The fraction of sp³-hybridized carbons (Fsp3) is 0.625. The summed E-state index contributed by atoms with van der Waals surface area (Å²) in [6, 6.07) is 6.14. The van der Waals surface area contributed by atoms with Gasteiger partial charge in [-0.05, 0) is 50.8 Å². The Balaban J connectivity index is 2.08. The summed E-state index contributed by atoms with van der Waals surface area (Å²) in [4.78, 5) is 0. The lowest BCUT2D eigenvalue weighted by molar-refractivity contribution is 0.0321. The van der Waals surface area contributed by atoms with Gasteiger partial charge in [0.25, 0.3) is 0 Å². The number of halogens is 2. The monoisotopic (exact) mass is 315 g/mol. The van der Waals surface area contributed by atoms with Crippen LogP contribution in [0.5, 0.6) is 0 Å². The molecule has 0 saturated carbocycles. The molecule has 1 aliphatic rings. The Morgan fingerprint density at radius 3 is 2.80 bits per heavy atom. The van der Waals surface area contributed by atoms with Crippen molar-refractivity contribution in [1.82, 2.24) is 5.32 Å². The average molecular weight is 316 g/mol. The average Bonchev–Trinajstić information content (AvgIpc) is 2.86. The number of nitrogens with one attached hydrogen (secondary N) is 1. The Morgan fingerprint density at radius 2 is 2.15 bits per heavy atom. The fourth-order valence-corrected chi connectivity index (χ4v) is 3.13. The Kier molecular flexibility index (Phi) is 6.16. The highest BCUT2D eigenvalue weighted by Gasteiger charge is 2.29. The maximum atomic E-state index is 6.31. The highest BCUT2D eigenvalue weighted by molar-refractivity contribution is 6.42. The maximum absolute atomic E-state index is 6.31. The zero-order valence-corrected chi connectivity index (χ0v) is 13.7. The zero-order chi connectivity index (χ0) is 14.5. The first-order valence-corrected chi connectivity index (χ1v) is 8.19. The molecule has 0 aromatic heterocycles. The van der Waals surface area contributed by atoms with E-state index in [1.807, 2.05) is 18.2 Å². The van der Waals surface area contributed by atoms with E-state index < -0.39 is 0 Å². The van der Waals surface area contributed by atoms with Crippen LogP contribution in [0.25, 0.3) is 0 Å². The molecule has 112 valence electrons. The van der Waals surface area contributed by atoms with E-state index in [2.05, 4.69) is 19.2 Å². The van der Waals surface area contributed by atoms with Crippen molar-refractivity contribution >= 4 is 23.2 Å². The van der Waals surface area contributed by atoms with Gasteiger partial charge in [-0.15, -0.1) is 0 Å². The summed E-state index contributed by atoms with van der Waals surface area (Å²) in [6.45, 7) is 5.31. The van der Waals surface area contributed by atoms with Gasteiger partial charge >= 0.3 is 0 Å². The number of benzene rings is 1. The summed E-state index contributed by atoms with van der Waals surface area (Å²) in [5.74, 6) is 0. The van der Waals surface area contributed by atoms with Crippen molar-refractivity contribution in [2.24, 2.45) is 0 Å². The molecule has 20 heavy (non-hydrogen) atoms. The Hall–Kier alpha value is -0.280. The fourth-order valence-electron chi connectivity index (χ4n) is 2.74. The van der Waals surface area contributed by atoms with Crippen molar-refractivity contribution in [3.63, 3.8) is 0 Å². The van der Waals surface area contributed by atoms with E-state index in [4.69, 9.17) is 27.9 Å². The lowest BCUT2D eigenvalue weighted by Crippen LogP contribution is -2.42. The van der Waals surface area contributed by atoms with Crippen molar-refractivity contribution in [3.8, 4) is 0 Å². The lowest BCUT2D eigenvalue weighted by Gasteiger charge is -2.25. The molecular formula is C16H23Cl2NO. The van der Waals surface area contributed by atoms with Crippen LogP contribution in [0.2, 0.25) is 10.0 Å². The molecule has 1 fully saturated rings. The Bertz CT molecular complexity index is 438. The molecule has 1 aliphatic heterocycles. The minimum absolute atomic E-state index is 0.270. The third-order valence-corrected chi connectivity index (χ3v) is 4.70. The molecule has 0 spiro atoms. The second-order valence-corrected chi connectivity index (χ2v) is 6.33. The first-order chi connectivity index (χ1) is 9.61. The summed E-state index contributed by atoms with van der Waals surface area (Å²) in [5, 5.41) is 4.89. The van der Waals surface area contributed by atoms with E-state index in [0.29, 0.717) is 22.2 Å². The maximum Gasteiger partial charge on any atom is 0.0735 e. The Labute approximate surface area is 131 Å². The number of rotatable bonds is 6. The standard InChI is InChI=1S/C16H23Cl2NO/c1-3-9-19-14(15-8-7-11(2)20-15)10-12-5-4-6-13(17)16(12)18/h4-6,11,14-15,19H,3,7-10H2,1-2H3. The SMILES string of the molecule is CCCNC(Cc1cccc(Cl)c1Cl)C1CCC(C)O1. The molecule has 1 saturated heterocycles. The van der Waals surface area contributed by atoms with Gasteiger partial charge < -0.3 is 10.1 Å². The number of ether oxygens (including phenoxy) is 1. The second-order valence-electron chi connectivity index (χ2n) is 5.54. The van der Waals surface area contributed by atoms with E-state index in [1.54, 1.807) is 0 Å². The van der Waals surface area contributed by atoms with Gasteiger partial charge in [0.1, 0.15) is 0 Å². The zero-order valence-electron chi connectivity index (χ0n) is 12.2. The molecule has 0 radical (unpaired) electrons. The van der Waals surface area contributed by atoms with Gasteiger partial charge in [-0.1, -0.05) is 42.3 Å². The van der Waals surface area contributed by atoms with Crippen LogP contribution < -0.4 is 5.32 Å². The highest BCUT2D eigenvalue weighted by Crippen LogP contribution is 2.29. The summed E-state index contributed by atoms with van der Waals surface area (Å²) < 4.78 is 6.02. The van der Waals surface area contributed by atoms with Crippen LogP contribution in [0, 0.1) is 0 Å². The highest BCUT2D eigenvalue weighted by atomic mass is 35.5. The van der Waals surface area contributed by atoms with E-state index in [9.17, 15) is 0 Å². The molecule has 0 amide bonds. The third kappa shape index (κ3) is 4.11. The molecule has 0 aliphatic carbocycles. The van der Waals surface area contributed by atoms with Crippen molar-refractivity contribution in [2.75, 3.05) is 6.54 Å². The van der Waals surface area contributed by atoms with Crippen molar-refractivity contribution in [3.05, 3.63) is 33.8 Å². The lowest BCUT2D eigenvalue weighted by atomic mass is 9.99. The molecule has 1 N–H and O–H groups in total. The summed E-state index contributed by atoms with van der Waals surface area (Å²) in [7, 11) is 0. The first kappa shape index (κ1) is 16.1. The van der Waals surface area contributed by atoms with Crippen LogP contribution in [0.3, 0.4) is 0 Å². The largest absolute Gasteiger partial charge is 0.374 e. The molecule has 1 aromatic carbocycles. The van der Waals surface area contributed by atoms with E-state index in [-0.39, 0.29) is 6.10 Å². The molecular weight excluding hydrogens is 293 g/mol. The van der Waals surface area contributed by atoms with Gasteiger partial charge in [0.15, 0.2) is 0 Å². The first-order valence-electron chi connectivity index (χ1n) is 7.43. The van der Waals surface area contributed by atoms with Crippen LogP contribution in [-0.2, 0) is 11.2 Å². The Morgan fingerprint density at radius 1 is 1.35 bits per heavy atom. The van der Waals surface area contributed by atoms with Gasteiger partial charge in [-0.3, -0.25) is 0 Å². The van der Waals surface area contributed by atoms with Crippen molar-refractivity contribution in [1.29, 1.82) is 0 Å². The van der Waals surface area contributed by atoms with Crippen molar-refractivity contribution in [2.45, 2.75) is 57.8 Å². The normalized spacial score (nSPS) is 24.0. The van der Waals surface area contributed by atoms with E-state index >= 15 is 0 Å². The number of hydrogen-bond donors (Lipinski definition) is 1. The molecule has 2 rings (SSSR count).